The molecule has 1 saturated heterocycles. The van der Waals surface area contributed by atoms with E-state index in [1.807, 2.05) is 11.4 Å². The van der Waals surface area contributed by atoms with Gasteiger partial charge in [-0.1, -0.05) is 6.07 Å². The number of nitrogens with one attached hydrogen (secondary N) is 2. The number of urea groups is 1. The molecule has 0 spiro atoms. The van der Waals surface area contributed by atoms with Crippen molar-refractivity contribution >= 4 is 28.3 Å². The molecule has 8 heteroatoms. The van der Waals surface area contributed by atoms with Crippen LogP contribution in [-0.2, 0) is 11.3 Å². The predicted octanol–water partition coefficient (Wildman–Crippen LogP) is 3.59. The number of carbonyl (C=O) groups excluding carboxylic acids is 2. The van der Waals surface area contributed by atoms with E-state index in [2.05, 4.69) is 10.6 Å². The van der Waals surface area contributed by atoms with Gasteiger partial charge in [0.05, 0.1) is 10.9 Å². The summed E-state index contributed by atoms with van der Waals surface area (Å²) in [5.41, 5.74) is -0.163. The summed E-state index contributed by atoms with van der Waals surface area (Å²) >= 11 is 1.42. The molecule has 3 rings (SSSR count). The number of thiophene rings is 1. The van der Waals surface area contributed by atoms with E-state index in [9.17, 15) is 18.4 Å². The van der Waals surface area contributed by atoms with Gasteiger partial charge in [-0.15, -0.1) is 11.3 Å². The van der Waals surface area contributed by atoms with E-state index in [1.54, 1.807) is 11.0 Å². The van der Waals surface area contributed by atoms with Crippen LogP contribution in [0.3, 0.4) is 0 Å². The molecule has 0 saturated carbocycles. The number of rotatable bonds is 4. The fourth-order valence-electron chi connectivity index (χ4n) is 2.93. The highest BCUT2D eigenvalue weighted by Gasteiger charge is 2.28. The number of likely N-dealkylation sites (tertiary alicyclic amines) is 1. The number of hydrogen-bond acceptors (Lipinski definition) is 3. The van der Waals surface area contributed by atoms with Gasteiger partial charge >= 0.3 is 6.03 Å². The van der Waals surface area contributed by atoms with Gasteiger partial charge in [0, 0.05) is 25.2 Å². The third-order valence-corrected chi connectivity index (χ3v) is 5.12. The Labute approximate surface area is 154 Å². The van der Waals surface area contributed by atoms with Crippen LogP contribution in [0.2, 0.25) is 0 Å². The molecule has 1 unspecified atom stereocenters. The van der Waals surface area contributed by atoms with Gasteiger partial charge < -0.3 is 10.2 Å². The van der Waals surface area contributed by atoms with Crippen molar-refractivity contribution in [2.24, 2.45) is 5.92 Å². The summed E-state index contributed by atoms with van der Waals surface area (Å²) in [4.78, 5) is 26.3. The molecule has 0 radical (unpaired) electrons. The summed E-state index contributed by atoms with van der Waals surface area (Å²) in [6.45, 7) is 0.640. The van der Waals surface area contributed by atoms with Crippen LogP contribution in [0.5, 0.6) is 0 Å². The lowest BCUT2D eigenvalue weighted by atomic mass is 9.97. The Balaban J connectivity index is 1.55. The molecule has 0 bridgehead atoms. The van der Waals surface area contributed by atoms with E-state index in [-0.39, 0.29) is 30.6 Å². The predicted molar refractivity (Wildman–Crippen MR) is 95.8 cm³/mol. The fourth-order valence-corrected chi connectivity index (χ4v) is 3.54. The second-order valence-corrected chi connectivity index (χ2v) is 7.06. The van der Waals surface area contributed by atoms with Crippen molar-refractivity contribution in [1.82, 2.24) is 10.2 Å². The van der Waals surface area contributed by atoms with Crippen molar-refractivity contribution < 1.29 is 18.4 Å². The minimum Gasteiger partial charge on any atom is -0.352 e. The quantitative estimate of drug-likeness (QED) is 0.853. The minimum absolute atomic E-state index is 0.163. The zero-order valence-electron chi connectivity index (χ0n) is 14.0. The molecule has 0 aliphatic carbocycles. The molecule has 2 heterocycles. The van der Waals surface area contributed by atoms with Crippen LogP contribution in [0, 0.1) is 17.6 Å². The smallest absolute Gasteiger partial charge is 0.322 e. The number of hydrogen-bond donors (Lipinski definition) is 2. The number of benzene rings is 1. The van der Waals surface area contributed by atoms with Crippen molar-refractivity contribution in [3.05, 3.63) is 52.9 Å². The van der Waals surface area contributed by atoms with E-state index in [0.717, 1.165) is 17.1 Å². The molecule has 1 aromatic carbocycles. The first-order chi connectivity index (χ1) is 12.5. The second-order valence-electron chi connectivity index (χ2n) is 6.11. The van der Waals surface area contributed by atoms with E-state index >= 15 is 0 Å². The summed E-state index contributed by atoms with van der Waals surface area (Å²) in [6, 6.07) is 6.99. The first kappa shape index (κ1) is 18.3. The number of halogens is 2. The van der Waals surface area contributed by atoms with Crippen molar-refractivity contribution in [2.45, 2.75) is 19.4 Å². The van der Waals surface area contributed by atoms with Crippen LogP contribution in [-0.4, -0.2) is 29.9 Å². The summed E-state index contributed by atoms with van der Waals surface area (Å²) in [5.74, 6) is -2.08. The normalized spacial score (nSPS) is 17.0. The van der Waals surface area contributed by atoms with E-state index in [4.69, 9.17) is 0 Å². The first-order valence-electron chi connectivity index (χ1n) is 8.34. The highest BCUT2D eigenvalue weighted by molar-refractivity contribution is 7.14. The van der Waals surface area contributed by atoms with Gasteiger partial charge in [0.25, 0.3) is 0 Å². The second kappa shape index (κ2) is 8.27. The van der Waals surface area contributed by atoms with Gasteiger partial charge in [-0.05, 0) is 42.5 Å². The van der Waals surface area contributed by atoms with Crippen LogP contribution in [0.4, 0.5) is 18.6 Å². The number of nitrogens with zero attached hydrogens (tertiary/aromatic N) is 1. The zero-order chi connectivity index (χ0) is 18.5. The van der Waals surface area contributed by atoms with Crippen molar-refractivity contribution in [2.75, 3.05) is 18.4 Å². The lowest BCUT2D eigenvalue weighted by Crippen LogP contribution is -2.46. The molecule has 5 nitrogen and oxygen atoms in total. The molecule has 1 atom stereocenters. The van der Waals surface area contributed by atoms with Gasteiger partial charge in [0.15, 0.2) is 0 Å². The van der Waals surface area contributed by atoms with Crippen molar-refractivity contribution in [1.29, 1.82) is 0 Å². The van der Waals surface area contributed by atoms with Crippen LogP contribution in [0.1, 0.15) is 18.4 Å². The molecular formula is C18H19F2N3O2S. The maximum absolute atomic E-state index is 13.6. The van der Waals surface area contributed by atoms with Crippen molar-refractivity contribution in [3.63, 3.8) is 0 Å². The maximum atomic E-state index is 13.6. The molecule has 26 heavy (non-hydrogen) atoms. The largest absolute Gasteiger partial charge is 0.352 e. The summed E-state index contributed by atoms with van der Waals surface area (Å²) in [5, 5.41) is 7.99. The molecule has 2 aromatic rings. The van der Waals surface area contributed by atoms with Crippen LogP contribution >= 0.6 is 11.3 Å². The SMILES string of the molecule is O=C(NCc1c(F)cccc1F)C1CCCN(C(=O)Nc2cccs2)C1. The Hall–Kier alpha value is -2.48. The monoisotopic (exact) mass is 379 g/mol. The summed E-state index contributed by atoms with van der Waals surface area (Å²) in [6.07, 6.45) is 1.33. The lowest BCUT2D eigenvalue weighted by Gasteiger charge is -2.32. The number of carbonyl (C=O) groups is 2. The van der Waals surface area contributed by atoms with Crippen LogP contribution in [0.15, 0.2) is 35.7 Å². The molecule has 2 N–H and O–H groups in total. The fraction of sp³-hybridized carbons (Fsp3) is 0.333. The van der Waals surface area contributed by atoms with Gasteiger partial charge in [-0.25, -0.2) is 13.6 Å². The Morgan fingerprint density at radius 3 is 2.65 bits per heavy atom. The molecule has 1 aliphatic rings. The molecule has 1 fully saturated rings. The lowest BCUT2D eigenvalue weighted by molar-refractivity contribution is -0.126. The van der Waals surface area contributed by atoms with E-state index in [1.165, 1.54) is 17.4 Å². The summed E-state index contributed by atoms with van der Waals surface area (Å²) in [7, 11) is 0. The Bertz CT molecular complexity index is 762. The molecular weight excluding hydrogens is 360 g/mol. The average molecular weight is 379 g/mol. The highest BCUT2D eigenvalue weighted by Crippen LogP contribution is 2.20. The summed E-state index contributed by atoms with van der Waals surface area (Å²) < 4.78 is 27.3. The molecule has 138 valence electrons. The van der Waals surface area contributed by atoms with Crippen molar-refractivity contribution in [3.8, 4) is 0 Å². The van der Waals surface area contributed by atoms with Gasteiger partial charge in [-0.2, -0.15) is 0 Å². The third kappa shape index (κ3) is 4.37. The number of piperidine rings is 1. The minimum atomic E-state index is -0.689. The van der Waals surface area contributed by atoms with Gasteiger partial charge in [-0.3, -0.25) is 10.1 Å². The van der Waals surface area contributed by atoms with Gasteiger partial charge in [0.1, 0.15) is 11.6 Å². The van der Waals surface area contributed by atoms with Crippen LogP contribution < -0.4 is 10.6 Å². The third-order valence-electron chi connectivity index (χ3n) is 4.33. The topological polar surface area (TPSA) is 61.4 Å². The van der Waals surface area contributed by atoms with E-state index in [0.29, 0.717) is 19.4 Å². The Morgan fingerprint density at radius 1 is 1.19 bits per heavy atom. The first-order valence-corrected chi connectivity index (χ1v) is 9.22. The molecule has 3 amide bonds. The molecule has 1 aromatic heterocycles. The maximum Gasteiger partial charge on any atom is 0.322 e. The highest BCUT2D eigenvalue weighted by atomic mass is 32.1. The zero-order valence-corrected chi connectivity index (χ0v) is 14.8. The van der Waals surface area contributed by atoms with E-state index < -0.39 is 17.6 Å². The van der Waals surface area contributed by atoms with Gasteiger partial charge in [0.2, 0.25) is 5.91 Å². The Kier molecular flexibility index (Phi) is 5.82. The number of anilines is 1. The number of amides is 3. The Morgan fingerprint density at radius 2 is 1.96 bits per heavy atom. The standard InChI is InChI=1S/C18H19F2N3O2S/c19-14-5-1-6-15(20)13(14)10-21-17(24)12-4-2-8-23(11-12)18(25)22-16-7-3-9-26-16/h1,3,5-7,9,12H,2,4,8,10-11H2,(H,21,24)(H,22,25). The molecule has 1 aliphatic heterocycles. The van der Waals surface area contributed by atoms with Crippen LogP contribution in [0.25, 0.3) is 0 Å². The average Bonchev–Trinajstić information content (AvgIpc) is 3.14.